The van der Waals surface area contributed by atoms with Gasteiger partial charge in [-0.1, -0.05) is 24.3 Å². The van der Waals surface area contributed by atoms with Crippen molar-refractivity contribution in [1.29, 1.82) is 0 Å². The monoisotopic (exact) mass is 511 g/mol. The summed E-state index contributed by atoms with van der Waals surface area (Å²) in [5.41, 5.74) is 6.99. The van der Waals surface area contributed by atoms with Crippen LogP contribution in [-0.4, -0.2) is 22.2 Å². The molecule has 4 aromatic rings. The molecule has 0 saturated heterocycles. The number of hydrazone groups is 1. The lowest BCUT2D eigenvalue weighted by Gasteiger charge is -2.57. The van der Waals surface area contributed by atoms with Gasteiger partial charge >= 0.3 is 6.03 Å². The number of aromatic nitrogens is 2. The number of hydrogen-bond acceptors (Lipinski definition) is 5. The Morgan fingerprint density at radius 2 is 1.73 bits per heavy atom. The zero-order chi connectivity index (χ0) is 24.8. The van der Waals surface area contributed by atoms with E-state index in [1.165, 1.54) is 62.1 Å². The molecule has 2 aromatic carbocycles. The lowest BCUT2D eigenvalue weighted by molar-refractivity contribution is -0.00518. The van der Waals surface area contributed by atoms with Crippen LogP contribution in [0, 0.1) is 17.8 Å². The summed E-state index contributed by atoms with van der Waals surface area (Å²) in [5.74, 6) is 3.30. The predicted octanol–water partition coefficient (Wildman–Crippen LogP) is 6.93. The molecule has 4 fully saturated rings. The summed E-state index contributed by atoms with van der Waals surface area (Å²) in [6.07, 6.45) is 9.83. The highest BCUT2D eigenvalue weighted by molar-refractivity contribution is 7.99. The van der Waals surface area contributed by atoms with Crippen LogP contribution in [-0.2, 0) is 5.41 Å². The van der Waals surface area contributed by atoms with Crippen molar-refractivity contribution in [2.24, 2.45) is 22.9 Å². The number of anilines is 1. The largest absolute Gasteiger partial charge is 0.448 e. The van der Waals surface area contributed by atoms with Gasteiger partial charge in [0.05, 0.1) is 17.2 Å². The number of para-hydroxylation sites is 2. The molecule has 0 atom stereocenters. The highest BCUT2D eigenvalue weighted by atomic mass is 32.2. The molecule has 2 aromatic heterocycles. The number of imidazole rings is 1. The van der Waals surface area contributed by atoms with Crippen molar-refractivity contribution in [2.45, 2.75) is 54.2 Å². The van der Waals surface area contributed by atoms with E-state index < -0.39 is 0 Å². The summed E-state index contributed by atoms with van der Waals surface area (Å²) < 4.78 is 5.78. The summed E-state index contributed by atoms with van der Waals surface area (Å²) >= 11 is 1.40. The third-order valence-corrected chi connectivity index (χ3v) is 9.13. The van der Waals surface area contributed by atoms with Gasteiger partial charge in [0.15, 0.2) is 10.2 Å². The highest BCUT2D eigenvalue weighted by Crippen LogP contribution is 2.60. The fraction of sp³-hybridized carbons (Fsp3) is 0.345. The molecule has 4 bridgehead atoms. The van der Waals surface area contributed by atoms with Crippen molar-refractivity contribution in [1.82, 2.24) is 15.4 Å². The molecule has 8 heteroatoms. The van der Waals surface area contributed by atoms with Gasteiger partial charge in [0, 0.05) is 5.69 Å². The molecule has 0 unspecified atom stereocenters. The summed E-state index contributed by atoms with van der Waals surface area (Å²) in [7, 11) is 0. The number of amides is 2. The Balaban J connectivity index is 0.932. The maximum absolute atomic E-state index is 12.4. The van der Waals surface area contributed by atoms with Gasteiger partial charge in [-0.3, -0.25) is 0 Å². The molecule has 2 heterocycles. The number of rotatable bonds is 6. The maximum atomic E-state index is 12.4. The lowest BCUT2D eigenvalue weighted by atomic mass is 9.48. The fourth-order valence-corrected chi connectivity index (χ4v) is 7.99. The Morgan fingerprint density at radius 1 is 1.00 bits per heavy atom. The Hall–Kier alpha value is -3.52. The van der Waals surface area contributed by atoms with Crippen molar-refractivity contribution in [2.75, 3.05) is 5.32 Å². The second-order valence-corrected chi connectivity index (χ2v) is 11.9. The zero-order valence-electron chi connectivity index (χ0n) is 20.4. The van der Waals surface area contributed by atoms with E-state index in [1.54, 1.807) is 6.07 Å². The number of fused-ring (bicyclic) bond motifs is 1. The Bertz CT molecular complexity index is 1400. The Kier molecular flexibility index (Phi) is 5.57. The van der Waals surface area contributed by atoms with Gasteiger partial charge < -0.3 is 14.7 Å². The number of furan rings is 1. The van der Waals surface area contributed by atoms with Crippen molar-refractivity contribution in [3.05, 3.63) is 72.0 Å². The first kappa shape index (κ1) is 22.7. The van der Waals surface area contributed by atoms with Gasteiger partial charge in [0.1, 0.15) is 5.76 Å². The van der Waals surface area contributed by atoms with E-state index in [9.17, 15) is 4.79 Å². The smallest absolute Gasteiger partial charge is 0.339 e. The summed E-state index contributed by atoms with van der Waals surface area (Å²) in [6.45, 7) is 0. The van der Waals surface area contributed by atoms with Crippen molar-refractivity contribution in [3.8, 4) is 0 Å². The third kappa shape index (κ3) is 4.55. The van der Waals surface area contributed by atoms with Gasteiger partial charge in [0.2, 0.25) is 0 Å². The minimum atomic E-state index is -0.387. The maximum Gasteiger partial charge on any atom is 0.339 e. The van der Waals surface area contributed by atoms with Crippen LogP contribution < -0.4 is 10.7 Å². The van der Waals surface area contributed by atoms with Crippen molar-refractivity contribution >= 4 is 40.7 Å². The van der Waals surface area contributed by atoms with Gasteiger partial charge in [-0.25, -0.2) is 15.2 Å². The summed E-state index contributed by atoms with van der Waals surface area (Å²) in [4.78, 5) is 20.2. The van der Waals surface area contributed by atoms with Gasteiger partial charge in [-0.2, -0.15) is 5.10 Å². The first-order chi connectivity index (χ1) is 18.1. The van der Waals surface area contributed by atoms with Crippen LogP contribution in [0.25, 0.3) is 11.0 Å². The number of H-pyrrole nitrogens is 1. The van der Waals surface area contributed by atoms with Gasteiger partial charge in [-0.15, -0.1) is 0 Å². The predicted molar refractivity (Wildman–Crippen MR) is 145 cm³/mol. The molecule has 3 N–H and O–H groups in total. The first-order valence-corrected chi connectivity index (χ1v) is 13.8. The number of aromatic amines is 1. The molecule has 0 spiro atoms. The molecule has 0 radical (unpaired) electrons. The quantitative estimate of drug-likeness (QED) is 0.193. The fourth-order valence-electron chi connectivity index (χ4n) is 7.22. The SMILES string of the molecule is O=C(N/N=C/c1ccc(Sc2nc3ccccc3[nH]2)o1)Nc1ccc(C23CC4CC(CC(C4)C2)C3)cc1. The average Bonchev–Trinajstić information content (AvgIpc) is 3.50. The van der Waals surface area contributed by atoms with Crippen LogP contribution in [0.4, 0.5) is 10.5 Å². The molecular weight excluding hydrogens is 482 g/mol. The number of benzene rings is 2. The van der Waals surface area contributed by atoms with E-state index in [0.29, 0.717) is 16.3 Å². The van der Waals surface area contributed by atoms with E-state index in [2.05, 4.69) is 37.9 Å². The van der Waals surface area contributed by atoms with Gasteiger partial charge in [-0.05, 0) is 115 Å². The molecule has 4 aliphatic carbocycles. The molecule has 7 nitrogen and oxygen atoms in total. The Morgan fingerprint density at radius 3 is 2.46 bits per heavy atom. The number of carbonyl (C=O) groups excluding carboxylic acids is 1. The standard InChI is InChI=1S/C29H29N5O2S/c35-27(31-22-7-5-21(6-8-22)29-14-18-11-19(15-29)13-20(12-18)16-29)34-30-17-23-9-10-26(36-23)37-28-32-24-3-1-2-4-25(24)33-28/h1-10,17-20H,11-16H2,(H,32,33)(H2,31,34,35)/b30-17+. The second-order valence-electron chi connectivity index (χ2n) is 10.9. The molecule has 2 amide bonds. The van der Waals surface area contributed by atoms with Crippen molar-refractivity contribution < 1.29 is 9.21 Å². The molecule has 0 aliphatic heterocycles. The minimum absolute atomic E-state index is 0.365. The third-order valence-electron chi connectivity index (χ3n) is 8.32. The number of hydrogen-bond donors (Lipinski definition) is 3. The highest BCUT2D eigenvalue weighted by Gasteiger charge is 2.51. The van der Waals surface area contributed by atoms with E-state index in [-0.39, 0.29) is 6.03 Å². The van der Waals surface area contributed by atoms with Crippen LogP contribution in [0.15, 0.2) is 80.4 Å². The molecule has 8 rings (SSSR count). The second kappa shape index (κ2) is 9.10. The first-order valence-electron chi connectivity index (χ1n) is 13.0. The topological polar surface area (TPSA) is 95.3 Å². The molecule has 188 valence electrons. The molecule has 4 saturated carbocycles. The van der Waals surface area contributed by atoms with E-state index in [1.807, 2.05) is 42.5 Å². The minimum Gasteiger partial charge on any atom is -0.448 e. The lowest BCUT2D eigenvalue weighted by Crippen LogP contribution is -2.48. The van der Waals surface area contributed by atoms with Gasteiger partial charge in [0.25, 0.3) is 0 Å². The van der Waals surface area contributed by atoms with E-state index in [0.717, 1.165) is 39.6 Å². The van der Waals surface area contributed by atoms with E-state index in [4.69, 9.17) is 4.42 Å². The average molecular weight is 512 g/mol. The zero-order valence-corrected chi connectivity index (χ0v) is 21.3. The molecular formula is C29H29N5O2S. The van der Waals surface area contributed by atoms with Crippen LogP contribution in [0.1, 0.15) is 49.8 Å². The van der Waals surface area contributed by atoms with Crippen LogP contribution in [0.2, 0.25) is 0 Å². The van der Waals surface area contributed by atoms with Crippen LogP contribution in [0.5, 0.6) is 0 Å². The number of nitrogens with zero attached hydrogens (tertiary/aromatic N) is 2. The van der Waals surface area contributed by atoms with Crippen LogP contribution >= 0.6 is 11.8 Å². The molecule has 4 aliphatic rings. The van der Waals surface area contributed by atoms with Crippen molar-refractivity contribution in [3.63, 3.8) is 0 Å². The van der Waals surface area contributed by atoms with Crippen LogP contribution in [0.3, 0.4) is 0 Å². The Labute approximate surface area is 219 Å². The number of urea groups is 1. The number of nitrogens with one attached hydrogen (secondary N) is 3. The normalized spacial score (nSPS) is 26.2. The number of carbonyl (C=O) groups is 1. The van der Waals surface area contributed by atoms with E-state index >= 15 is 0 Å². The summed E-state index contributed by atoms with van der Waals surface area (Å²) in [6, 6.07) is 19.6. The summed E-state index contributed by atoms with van der Waals surface area (Å²) in [5, 5.41) is 8.33. The molecule has 37 heavy (non-hydrogen) atoms.